The van der Waals surface area contributed by atoms with Crippen LogP contribution in [0.1, 0.15) is 0 Å². The molecule has 0 unspecified atom stereocenters. The SMILES string of the molecule is c1ccc(-n2c3ccc4c5ccccc5[nH]c4c3c3c2ccc2c4ncccc4c4nccn4c23)cc1. The number of imidazole rings is 1. The minimum atomic E-state index is 0.924. The van der Waals surface area contributed by atoms with E-state index in [4.69, 9.17) is 9.97 Å². The second kappa shape index (κ2) is 6.74. The normalized spacial score (nSPS) is 12.3. The van der Waals surface area contributed by atoms with Crippen LogP contribution >= 0.6 is 0 Å². The Kier molecular flexibility index (Phi) is 3.47. The number of nitrogens with one attached hydrogen (secondary N) is 1. The number of benzene rings is 4. The molecule has 9 aromatic rings. The smallest absolute Gasteiger partial charge is 0.146 e. The molecule has 0 saturated heterocycles. The summed E-state index contributed by atoms with van der Waals surface area (Å²) in [6, 6.07) is 32.2. The Bertz CT molecular complexity index is 2350. The largest absolute Gasteiger partial charge is 0.354 e. The van der Waals surface area contributed by atoms with Crippen molar-refractivity contribution in [1.29, 1.82) is 0 Å². The minimum Gasteiger partial charge on any atom is -0.354 e. The van der Waals surface area contributed by atoms with Crippen LogP contribution in [-0.4, -0.2) is 23.9 Å². The Hall–Kier alpha value is -5.16. The molecular formula is C32H19N5. The molecular weight excluding hydrogens is 454 g/mol. The van der Waals surface area contributed by atoms with Gasteiger partial charge in [-0.25, -0.2) is 4.98 Å². The fraction of sp³-hybridized carbons (Fsp3) is 0. The standard InChI is InChI=1S/C32H19N5/c1-2-7-19(8-3-1)37-25-14-12-21-20-9-4-5-11-24(20)35-30(21)27(25)28-26(37)15-13-22-29-23(10-6-16-33-29)32-34-17-18-36(32)31(22)28/h1-18,35H. The highest BCUT2D eigenvalue weighted by Crippen LogP contribution is 2.43. The number of hydrogen-bond donors (Lipinski definition) is 1. The van der Waals surface area contributed by atoms with Crippen LogP contribution in [0, 0.1) is 0 Å². The monoisotopic (exact) mass is 473 g/mol. The van der Waals surface area contributed by atoms with Crippen LogP contribution in [0.2, 0.25) is 0 Å². The Morgan fingerprint density at radius 2 is 1.38 bits per heavy atom. The average molecular weight is 474 g/mol. The molecule has 0 radical (unpaired) electrons. The van der Waals surface area contributed by atoms with Crippen LogP contribution in [0.5, 0.6) is 0 Å². The lowest BCUT2D eigenvalue weighted by Crippen LogP contribution is -1.95. The number of H-pyrrole nitrogens is 1. The van der Waals surface area contributed by atoms with Crippen LogP contribution < -0.4 is 0 Å². The maximum atomic E-state index is 4.82. The molecule has 5 aromatic heterocycles. The summed E-state index contributed by atoms with van der Waals surface area (Å²) in [6.45, 7) is 0. The highest BCUT2D eigenvalue weighted by atomic mass is 15.0. The summed E-state index contributed by atoms with van der Waals surface area (Å²) in [5.74, 6) is 0. The zero-order valence-electron chi connectivity index (χ0n) is 19.7. The summed E-state index contributed by atoms with van der Waals surface area (Å²) < 4.78 is 4.61. The van der Waals surface area contributed by atoms with Gasteiger partial charge in [0.05, 0.1) is 27.6 Å². The molecule has 0 aliphatic heterocycles. The van der Waals surface area contributed by atoms with E-state index in [2.05, 4.69) is 105 Å². The van der Waals surface area contributed by atoms with Crippen LogP contribution in [0.15, 0.2) is 110 Å². The zero-order valence-corrected chi connectivity index (χ0v) is 19.7. The van der Waals surface area contributed by atoms with Crippen molar-refractivity contribution in [2.45, 2.75) is 0 Å². The first-order valence-corrected chi connectivity index (χ1v) is 12.4. The van der Waals surface area contributed by atoms with Gasteiger partial charge in [0.2, 0.25) is 0 Å². The van der Waals surface area contributed by atoms with Crippen molar-refractivity contribution in [2.24, 2.45) is 0 Å². The van der Waals surface area contributed by atoms with Crippen LogP contribution in [0.25, 0.3) is 76.8 Å². The molecule has 37 heavy (non-hydrogen) atoms. The lowest BCUT2D eigenvalue weighted by atomic mass is 10.0. The van der Waals surface area contributed by atoms with Crippen LogP contribution in [0.3, 0.4) is 0 Å². The molecule has 1 N–H and O–H groups in total. The molecule has 5 heterocycles. The predicted octanol–water partition coefficient (Wildman–Crippen LogP) is 7.77. The van der Waals surface area contributed by atoms with Crippen LogP contribution in [-0.2, 0) is 0 Å². The molecule has 0 fully saturated rings. The summed E-state index contributed by atoms with van der Waals surface area (Å²) in [7, 11) is 0. The van der Waals surface area contributed by atoms with E-state index < -0.39 is 0 Å². The molecule has 0 aliphatic carbocycles. The van der Waals surface area contributed by atoms with Gasteiger partial charge in [-0.15, -0.1) is 0 Å². The summed E-state index contributed by atoms with van der Waals surface area (Å²) >= 11 is 0. The van der Waals surface area contributed by atoms with Gasteiger partial charge < -0.3 is 9.55 Å². The van der Waals surface area contributed by atoms with Gasteiger partial charge in [0.1, 0.15) is 5.65 Å². The van der Waals surface area contributed by atoms with Gasteiger partial charge in [-0.2, -0.15) is 0 Å². The summed E-state index contributed by atoms with van der Waals surface area (Å²) in [5.41, 5.74) is 8.79. The van der Waals surface area contributed by atoms with Gasteiger partial charge in [-0.05, 0) is 48.5 Å². The number of nitrogens with zero attached hydrogens (tertiary/aromatic N) is 4. The van der Waals surface area contributed by atoms with E-state index in [1.165, 1.54) is 27.1 Å². The number of hydrogen-bond acceptors (Lipinski definition) is 2. The quantitative estimate of drug-likeness (QED) is 0.248. The predicted molar refractivity (Wildman–Crippen MR) is 152 cm³/mol. The topological polar surface area (TPSA) is 50.9 Å². The fourth-order valence-corrected chi connectivity index (χ4v) is 6.27. The molecule has 172 valence electrons. The number of aromatic amines is 1. The maximum absolute atomic E-state index is 4.82. The third-order valence-corrected chi connectivity index (χ3v) is 7.75. The number of aromatic nitrogens is 5. The fourth-order valence-electron chi connectivity index (χ4n) is 6.27. The van der Waals surface area contributed by atoms with E-state index in [0.29, 0.717) is 0 Å². The molecule has 0 amide bonds. The molecule has 0 bridgehead atoms. The van der Waals surface area contributed by atoms with Crippen molar-refractivity contribution in [3.63, 3.8) is 0 Å². The first-order chi connectivity index (χ1) is 18.4. The van der Waals surface area contributed by atoms with E-state index in [9.17, 15) is 0 Å². The van der Waals surface area contributed by atoms with Gasteiger partial charge in [0, 0.05) is 62.1 Å². The Morgan fingerprint density at radius 3 is 2.30 bits per heavy atom. The molecule has 0 aliphatic rings. The third-order valence-electron chi connectivity index (χ3n) is 7.75. The summed E-state index contributed by atoms with van der Waals surface area (Å²) in [4.78, 5) is 13.3. The Morgan fingerprint density at radius 1 is 0.595 bits per heavy atom. The number of rotatable bonds is 1. The molecule has 5 heteroatoms. The van der Waals surface area contributed by atoms with Crippen molar-refractivity contribution >= 4 is 71.1 Å². The first-order valence-electron chi connectivity index (χ1n) is 12.4. The zero-order chi connectivity index (χ0) is 24.1. The highest BCUT2D eigenvalue weighted by Gasteiger charge is 2.22. The van der Waals surface area contributed by atoms with Gasteiger partial charge in [0.25, 0.3) is 0 Å². The number of para-hydroxylation sites is 2. The summed E-state index contributed by atoms with van der Waals surface area (Å²) in [5, 5.41) is 7.05. The van der Waals surface area contributed by atoms with Gasteiger partial charge >= 0.3 is 0 Å². The Balaban J connectivity index is 1.64. The molecule has 0 atom stereocenters. The van der Waals surface area contributed by atoms with Gasteiger partial charge in [-0.1, -0.05) is 42.5 Å². The molecule has 9 rings (SSSR count). The minimum absolute atomic E-state index is 0.924. The van der Waals surface area contributed by atoms with E-state index in [1.54, 1.807) is 0 Å². The van der Waals surface area contributed by atoms with Crippen molar-refractivity contribution < 1.29 is 0 Å². The van der Waals surface area contributed by atoms with Gasteiger partial charge in [-0.3, -0.25) is 9.38 Å². The third kappa shape index (κ3) is 2.33. The lowest BCUT2D eigenvalue weighted by molar-refractivity contribution is 1.18. The van der Waals surface area contributed by atoms with Crippen molar-refractivity contribution in [1.82, 2.24) is 23.9 Å². The second-order valence-electron chi connectivity index (χ2n) is 9.60. The van der Waals surface area contributed by atoms with E-state index in [1.807, 2.05) is 18.5 Å². The molecule has 0 spiro atoms. The van der Waals surface area contributed by atoms with E-state index >= 15 is 0 Å². The second-order valence-corrected chi connectivity index (χ2v) is 9.60. The van der Waals surface area contributed by atoms with E-state index in [-0.39, 0.29) is 0 Å². The van der Waals surface area contributed by atoms with Crippen molar-refractivity contribution in [2.75, 3.05) is 0 Å². The van der Waals surface area contributed by atoms with Gasteiger partial charge in [0.15, 0.2) is 0 Å². The molecule has 0 saturated carbocycles. The van der Waals surface area contributed by atoms with Crippen molar-refractivity contribution in [3.8, 4) is 5.69 Å². The average Bonchev–Trinajstić information content (AvgIpc) is 3.67. The summed E-state index contributed by atoms with van der Waals surface area (Å²) in [6.07, 6.45) is 5.82. The molecule has 5 nitrogen and oxygen atoms in total. The van der Waals surface area contributed by atoms with E-state index in [0.717, 1.165) is 49.7 Å². The lowest BCUT2D eigenvalue weighted by Gasteiger charge is -2.10. The molecule has 4 aromatic carbocycles. The number of pyridine rings is 2. The maximum Gasteiger partial charge on any atom is 0.146 e. The first kappa shape index (κ1) is 19.1. The van der Waals surface area contributed by atoms with Crippen LogP contribution in [0.4, 0.5) is 0 Å². The van der Waals surface area contributed by atoms with Crippen molar-refractivity contribution in [3.05, 3.63) is 110 Å². The highest BCUT2D eigenvalue weighted by molar-refractivity contribution is 6.31. The Labute approximate surface area is 210 Å². The number of fused-ring (bicyclic) bond motifs is 14.